The predicted octanol–water partition coefficient (Wildman–Crippen LogP) is -2.32. The number of methoxy groups -OCH3 is 1. The molecule has 0 unspecified atom stereocenters. The third-order valence-corrected chi connectivity index (χ3v) is 3.99. The molecule has 0 aromatic heterocycles. The van der Waals surface area contributed by atoms with Gasteiger partial charge in [0.1, 0.15) is 13.2 Å². The number of hydrogen-bond donors (Lipinski definition) is 2. The monoisotopic (exact) mass is 534 g/mol. The van der Waals surface area contributed by atoms with E-state index in [9.17, 15) is 38.4 Å². The van der Waals surface area contributed by atoms with Crippen molar-refractivity contribution in [3.8, 4) is 0 Å². The molecule has 0 spiro atoms. The fourth-order valence-corrected chi connectivity index (χ4v) is 2.67. The fraction of sp³-hybridized carbons (Fsp3) is 0.619. The normalized spacial score (nSPS) is 13.4. The van der Waals surface area contributed by atoms with Crippen LogP contribution < -0.4 is 10.6 Å². The van der Waals surface area contributed by atoms with Gasteiger partial charge in [-0.2, -0.15) is 0 Å². The minimum Gasteiger partial charge on any atom is -0.468 e. The molecule has 0 heterocycles. The molecule has 37 heavy (non-hydrogen) atoms. The molecule has 0 aliphatic rings. The molecule has 2 amide bonds. The van der Waals surface area contributed by atoms with Crippen molar-refractivity contribution in [1.29, 1.82) is 0 Å². The summed E-state index contributed by atoms with van der Waals surface area (Å²) in [6, 6.07) is 0. The molecule has 2 N–H and O–H groups in total. The maximum absolute atomic E-state index is 12.9. The lowest BCUT2D eigenvalue weighted by atomic mass is 10.0. The van der Waals surface area contributed by atoms with Crippen LogP contribution in [-0.2, 0) is 66.8 Å². The Balaban J connectivity index is 6.22. The molecular weight excluding hydrogens is 504 g/mol. The van der Waals surface area contributed by atoms with E-state index in [1.807, 2.05) is 0 Å². The SMILES string of the molecule is COC(=O)CNC(=O)CNC(=O)[C@H](OC(C)=O)[C@@H](OC(C)=O)[C@H](OC(C)=O)[C@@H](COC(C)=O)OC(C)=O. The largest absolute Gasteiger partial charge is 0.468 e. The van der Waals surface area contributed by atoms with Crippen molar-refractivity contribution in [2.24, 2.45) is 0 Å². The first kappa shape index (κ1) is 32.8. The van der Waals surface area contributed by atoms with E-state index in [1.54, 1.807) is 0 Å². The fourth-order valence-electron chi connectivity index (χ4n) is 2.67. The predicted molar refractivity (Wildman–Crippen MR) is 117 cm³/mol. The number of nitrogens with one attached hydrogen (secondary N) is 2. The molecular formula is C21H30N2O14. The van der Waals surface area contributed by atoms with E-state index >= 15 is 0 Å². The summed E-state index contributed by atoms with van der Waals surface area (Å²) >= 11 is 0. The first-order valence-electron chi connectivity index (χ1n) is 10.6. The van der Waals surface area contributed by atoms with Gasteiger partial charge < -0.3 is 39.1 Å². The van der Waals surface area contributed by atoms with E-state index in [2.05, 4.69) is 15.4 Å². The highest BCUT2D eigenvalue weighted by Gasteiger charge is 2.47. The Morgan fingerprint density at radius 2 is 1.14 bits per heavy atom. The zero-order valence-corrected chi connectivity index (χ0v) is 21.1. The van der Waals surface area contributed by atoms with Gasteiger partial charge in [0.2, 0.25) is 12.0 Å². The summed E-state index contributed by atoms with van der Waals surface area (Å²) in [6.45, 7) is 2.88. The molecule has 4 atom stereocenters. The smallest absolute Gasteiger partial charge is 0.325 e. The number of carbonyl (C=O) groups excluding carboxylic acids is 8. The molecule has 16 heteroatoms. The third kappa shape index (κ3) is 14.0. The standard InChI is InChI=1S/C21H30N2O14/c1-10(24)33-9-15(34-11(2)25)18(35-12(3)26)19(36-13(4)27)20(37-14(5)28)21(31)23-7-16(29)22-8-17(30)32-6/h15,18-20H,7-9H2,1-6H3,(H,22,29)(H,23,31)/t15-,18-,19+,20-/m1/s1. The van der Waals surface area contributed by atoms with Crippen LogP contribution in [0.1, 0.15) is 34.6 Å². The van der Waals surface area contributed by atoms with E-state index in [-0.39, 0.29) is 0 Å². The van der Waals surface area contributed by atoms with Crippen molar-refractivity contribution < 1.29 is 66.8 Å². The van der Waals surface area contributed by atoms with Crippen molar-refractivity contribution in [3.05, 3.63) is 0 Å². The molecule has 0 bridgehead atoms. The van der Waals surface area contributed by atoms with E-state index in [0.29, 0.717) is 0 Å². The molecule has 0 radical (unpaired) electrons. The Morgan fingerprint density at radius 3 is 1.59 bits per heavy atom. The van der Waals surface area contributed by atoms with E-state index in [1.165, 1.54) is 0 Å². The minimum absolute atomic E-state index is 0.497. The van der Waals surface area contributed by atoms with Gasteiger partial charge in [0, 0.05) is 34.6 Å². The average Bonchev–Trinajstić information content (AvgIpc) is 2.78. The lowest BCUT2D eigenvalue weighted by molar-refractivity contribution is -0.203. The number of ether oxygens (including phenoxy) is 6. The Hall–Kier alpha value is -4.24. The number of rotatable bonds is 14. The van der Waals surface area contributed by atoms with Gasteiger partial charge in [0.05, 0.1) is 13.7 Å². The summed E-state index contributed by atoms with van der Waals surface area (Å²) in [4.78, 5) is 94.5. The van der Waals surface area contributed by atoms with Gasteiger partial charge in [-0.25, -0.2) is 0 Å². The van der Waals surface area contributed by atoms with Crippen molar-refractivity contribution in [2.45, 2.75) is 59.0 Å². The van der Waals surface area contributed by atoms with Gasteiger partial charge in [0.25, 0.3) is 5.91 Å². The van der Waals surface area contributed by atoms with Crippen molar-refractivity contribution in [1.82, 2.24) is 10.6 Å². The van der Waals surface area contributed by atoms with Crippen LogP contribution in [0.4, 0.5) is 0 Å². The zero-order chi connectivity index (χ0) is 28.7. The van der Waals surface area contributed by atoms with Crippen LogP contribution in [0.25, 0.3) is 0 Å². The van der Waals surface area contributed by atoms with Crippen LogP contribution in [0, 0.1) is 0 Å². The molecule has 0 saturated carbocycles. The highest BCUT2D eigenvalue weighted by atomic mass is 16.6. The van der Waals surface area contributed by atoms with Crippen LogP contribution in [-0.4, -0.2) is 98.9 Å². The van der Waals surface area contributed by atoms with Crippen molar-refractivity contribution >= 4 is 47.6 Å². The van der Waals surface area contributed by atoms with Crippen molar-refractivity contribution in [3.63, 3.8) is 0 Å². The summed E-state index contributed by atoms with van der Waals surface area (Å²) in [7, 11) is 1.10. The second kappa shape index (κ2) is 16.4. The molecule has 16 nitrogen and oxygen atoms in total. The Labute approximate surface area is 211 Å². The topological polar surface area (TPSA) is 216 Å². The van der Waals surface area contributed by atoms with E-state index in [4.69, 9.17) is 23.7 Å². The maximum atomic E-state index is 12.9. The van der Waals surface area contributed by atoms with Crippen LogP contribution in [0.3, 0.4) is 0 Å². The summed E-state index contributed by atoms with van der Waals surface area (Å²) in [6.07, 6.45) is -7.44. The van der Waals surface area contributed by atoms with Crippen LogP contribution in [0.5, 0.6) is 0 Å². The van der Waals surface area contributed by atoms with Crippen LogP contribution in [0.15, 0.2) is 0 Å². The molecule has 0 aromatic carbocycles. The second-order valence-electron chi connectivity index (χ2n) is 7.20. The highest BCUT2D eigenvalue weighted by molar-refractivity contribution is 5.90. The first-order valence-corrected chi connectivity index (χ1v) is 10.6. The van der Waals surface area contributed by atoms with E-state index in [0.717, 1.165) is 41.7 Å². The van der Waals surface area contributed by atoms with Crippen LogP contribution in [0.2, 0.25) is 0 Å². The zero-order valence-electron chi connectivity index (χ0n) is 21.1. The third-order valence-electron chi connectivity index (χ3n) is 3.99. The van der Waals surface area contributed by atoms with Crippen molar-refractivity contribution in [2.75, 3.05) is 26.8 Å². The minimum atomic E-state index is -2.05. The van der Waals surface area contributed by atoms with Gasteiger partial charge in [-0.15, -0.1) is 0 Å². The average molecular weight is 534 g/mol. The van der Waals surface area contributed by atoms with Gasteiger partial charge in [-0.05, 0) is 0 Å². The first-order chi connectivity index (χ1) is 17.2. The summed E-state index contributed by atoms with van der Waals surface area (Å²) < 4.78 is 29.5. The Kier molecular flexibility index (Phi) is 14.6. The molecule has 0 aromatic rings. The molecule has 0 aliphatic heterocycles. The molecule has 0 rings (SSSR count). The van der Waals surface area contributed by atoms with Gasteiger partial charge in [-0.1, -0.05) is 0 Å². The van der Waals surface area contributed by atoms with E-state index < -0.39 is 91.7 Å². The highest BCUT2D eigenvalue weighted by Crippen LogP contribution is 2.20. The molecule has 0 saturated heterocycles. The lowest BCUT2D eigenvalue weighted by Crippen LogP contribution is -2.57. The Morgan fingerprint density at radius 1 is 0.622 bits per heavy atom. The van der Waals surface area contributed by atoms with Crippen LogP contribution >= 0.6 is 0 Å². The Bertz CT molecular complexity index is 886. The quantitative estimate of drug-likeness (QED) is 0.177. The summed E-state index contributed by atoms with van der Waals surface area (Å²) in [5, 5.41) is 4.27. The lowest BCUT2D eigenvalue weighted by Gasteiger charge is -2.34. The number of carbonyl (C=O) groups is 8. The number of hydrogen-bond acceptors (Lipinski definition) is 14. The molecule has 0 aliphatic carbocycles. The maximum Gasteiger partial charge on any atom is 0.325 e. The van der Waals surface area contributed by atoms with Gasteiger partial charge in [-0.3, -0.25) is 38.4 Å². The second-order valence-corrected chi connectivity index (χ2v) is 7.20. The van der Waals surface area contributed by atoms with Gasteiger partial charge >= 0.3 is 35.8 Å². The number of amides is 2. The van der Waals surface area contributed by atoms with Gasteiger partial charge in [0.15, 0.2) is 18.3 Å². The summed E-state index contributed by atoms with van der Waals surface area (Å²) in [5.74, 6) is -7.60. The molecule has 208 valence electrons. The number of esters is 6. The summed E-state index contributed by atoms with van der Waals surface area (Å²) in [5.41, 5.74) is 0. The molecule has 0 fully saturated rings.